The molecule has 0 saturated heterocycles. The summed E-state index contributed by atoms with van der Waals surface area (Å²) < 4.78 is 10.6. The van der Waals surface area contributed by atoms with Crippen molar-refractivity contribution in [1.29, 1.82) is 0 Å². The van der Waals surface area contributed by atoms with Gasteiger partial charge in [-0.15, -0.1) is 11.8 Å². The summed E-state index contributed by atoms with van der Waals surface area (Å²) in [6.07, 6.45) is 3.59. The van der Waals surface area contributed by atoms with E-state index in [4.69, 9.17) is 9.47 Å². The fourth-order valence-electron chi connectivity index (χ4n) is 2.96. The predicted octanol–water partition coefficient (Wildman–Crippen LogP) is 3.63. The largest absolute Gasteiger partial charge is 0.454 e. The normalized spacial score (nSPS) is 14.6. The molecule has 5 heteroatoms. The van der Waals surface area contributed by atoms with Gasteiger partial charge < -0.3 is 14.8 Å². The van der Waals surface area contributed by atoms with Crippen LogP contribution in [0.4, 0.5) is 5.69 Å². The Labute approximate surface area is 139 Å². The van der Waals surface area contributed by atoms with Gasteiger partial charge in [-0.05, 0) is 54.7 Å². The zero-order chi connectivity index (χ0) is 15.6. The highest BCUT2D eigenvalue weighted by molar-refractivity contribution is 8.00. The maximum absolute atomic E-state index is 12.1. The molecule has 23 heavy (non-hydrogen) atoms. The minimum atomic E-state index is -0.0191. The number of benzene rings is 2. The van der Waals surface area contributed by atoms with Crippen LogP contribution >= 0.6 is 11.8 Å². The zero-order valence-electron chi connectivity index (χ0n) is 12.6. The van der Waals surface area contributed by atoms with Crippen molar-refractivity contribution in [1.82, 2.24) is 0 Å². The van der Waals surface area contributed by atoms with Gasteiger partial charge in [-0.3, -0.25) is 4.79 Å². The maximum atomic E-state index is 12.1. The zero-order valence-corrected chi connectivity index (χ0v) is 13.4. The highest BCUT2D eigenvalue weighted by atomic mass is 32.2. The van der Waals surface area contributed by atoms with Gasteiger partial charge in [-0.25, -0.2) is 0 Å². The summed E-state index contributed by atoms with van der Waals surface area (Å²) in [5.41, 5.74) is 3.62. The molecule has 1 heterocycles. The second kappa shape index (κ2) is 6.16. The van der Waals surface area contributed by atoms with E-state index in [-0.39, 0.29) is 12.7 Å². The number of thioether (sulfide) groups is 1. The molecule has 1 amide bonds. The highest BCUT2D eigenvalue weighted by Gasteiger charge is 2.15. The molecular weight excluding hydrogens is 310 g/mol. The molecule has 1 aliphatic heterocycles. The summed E-state index contributed by atoms with van der Waals surface area (Å²) in [5.74, 6) is 1.77. The van der Waals surface area contributed by atoms with Gasteiger partial charge in [0.2, 0.25) is 12.7 Å². The van der Waals surface area contributed by atoms with Crippen LogP contribution in [0.25, 0.3) is 0 Å². The van der Waals surface area contributed by atoms with E-state index in [2.05, 4.69) is 23.5 Å². The first-order chi connectivity index (χ1) is 11.3. The fourth-order valence-corrected chi connectivity index (χ4v) is 3.72. The number of hydrogen-bond donors (Lipinski definition) is 1. The van der Waals surface area contributed by atoms with Crippen molar-refractivity contribution in [3.05, 3.63) is 47.5 Å². The first-order valence-corrected chi connectivity index (χ1v) is 8.70. The summed E-state index contributed by atoms with van der Waals surface area (Å²) in [4.78, 5) is 13.3. The van der Waals surface area contributed by atoms with Gasteiger partial charge in [0.05, 0.1) is 5.75 Å². The van der Waals surface area contributed by atoms with Gasteiger partial charge in [-0.2, -0.15) is 0 Å². The molecule has 0 aromatic heterocycles. The number of rotatable bonds is 4. The fraction of sp³-hybridized carbons (Fsp3) is 0.278. The first kappa shape index (κ1) is 14.5. The van der Waals surface area contributed by atoms with E-state index < -0.39 is 0 Å². The van der Waals surface area contributed by atoms with Crippen LogP contribution in [0.1, 0.15) is 17.5 Å². The average Bonchev–Trinajstić information content (AvgIpc) is 3.20. The molecule has 1 N–H and O–H groups in total. The number of amides is 1. The molecule has 4 nitrogen and oxygen atoms in total. The Balaban J connectivity index is 1.35. The van der Waals surface area contributed by atoms with Crippen LogP contribution in [-0.2, 0) is 17.6 Å². The van der Waals surface area contributed by atoms with E-state index in [9.17, 15) is 4.79 Å². The van der Waals surface area contributed by atoms with Crippen molar-refractivity contribution in [2.75, 3.05) is 17.9 Å². The molecule has 2 aliphatic rings. The lowest BCUT2D eigenvalue weighted by Crippen LogP contribution is -2.13. The number of hydrogen-bond acceptors (Lipinski definition) is 4. The lowest BCUT2D eigenvalue weighted by atomic mass is 10.1. The van der Waals surface area contributed by atoms with Gasteiger partial charge in [0.15, 0.2) is 11.5 Å². The molecule has 0 unspecified atom stereocenters. The van der Waals surface area contributed by atoms with Gasteiger partial charge >= 0.3 is 0 Å². The van der Waals surface area contributed by atoms with Crippen molar-refractivity contribution < 1.29 is 14.3 Å². The summed E-state index contributed by atoms with van der Waals surface area (Å²) in [5, 5.41) is 2.90. The second-order valence-electron chi connectivity index (χ2n) is 5.69. The molecule has 1 aliphatic carbocycles. The minimum absolute atomic E-state index is 0.0191. The van der Waals surface area contributed by atoms with Crippen LogP contribution in [0, 0.1) is 0 Å². The molecule has 2 aromatic rings. The Morgan fingerprint density at radius 3 is 2.87 bits per heavy atom. The lowest BCUT2D eigenvalue weighted by molar-refractivity contribution is -0.113. The molecule has 0 spiro atoms. The molecule has 4 rings (SSSR count). The number of fused-ring (bicyclic) bond motifs is 2. The highest BCUT2D eigenvalue weighted by Crippen LogP contribution is 2.34. The number of aryl methyl sites for hydroxylation is 2. The van der Waals surface area contributed by atoms with Crippen molar-refractivity contribution in [3.8, 4) is 11.5 Å². The molecule has 0 fully saturated rings. The van der Waals surface area contributed by atoms with Crippen LogP contribution in [0.2, 0.25) is 0 Å². The number of carbonyl (C=O) groups is 1. The minimum Gasteiger partial charge on any atom is -0.454 e. The van der Waals surface area contributed by atoms with E-state index in [1.54, 1.807) is 17.8 Å². The van der Waals surface area contributed by atoms with Gasteiger partial charge in [-0.1, -0.05) is 6.07 Å². The van der Waals surface area contributed by atoms with Crippen molar-refractivity contribution in [2.45, 2.75) is 24.2 Å². The predicted molar refractivity (Wildman–Crippen MR) is 90.4 cm³/mol. The molecular formula is C18H17NO3S. The average molecular weight is 327 g/mol. The van der Waals surface area contributed by atoms with Crippen LogP contribution in [0.5, 0.6) is 11.5 Å². The van der Waals surface area contributed by atoms with E-state index in [1.807, 2.05) is 12.1 Å². The standard InChI is InChI=1S/C18H17NO3S/c20-18(19-14-5-7-16-17(9-14)22-11-21-16)10-23-15-6-4-12-2-1-3-13(12)8-15/h4-9H,1-3,10-11H2,(H,19,20). The second-order valence-corrected chi connectivity index (χ2v) is 6.74. The van der Waals surface area contributed by atoms with Crippen LogP contribution < -0.4 is 14.8 Å². The molecule has 118 valence electrons. The molecule has 2 aromatic carbocycles. The number of nitrogens with one attached hydrogen (secondary N) is 1. The van der Waals surface area contributed by atoms with Gasteiger partial charge in [0, 0.05) is 16.6 Å². The van der Waals surface area contributed by atoms with Crippen molar-refractivity contribution in [3.63, 3.8) is 0 Å². The van der Waals surface area contributed by atoms with E-state index in [0.717, 1.165) is 22.8 Å². The quantitative estimate of drug-likeness (QED) is 0.871. The van der Waals surface area contributed by atoms with Gasteiger partial charge in [0.1, 0.15) is 0 Å². The van der Waals surface area contributed by atoms with Crippen LogP contribution in [0.3, 0.4) is 0 Å². The Bertz CT molecular complexity index is 760. The SMILES string of the molecule is O=C(CSc1ccc2c(c1)CCC2)Nc1ccc2c(c1)OCO2. The Hall–Kier alpha value is -2.14. The number of carbonyl (C=O) groups excluding carboxylic acids is 1. The summed E-state index contributed by atoms with van der Waals surface area (Å²) in [6, 6.07) is 12.0. The third-order valence-corrected chi connectivity index (χ3v) is 5.09. The maximum Gasteiger partial charge on any atom is 0.234 e. The van der Waals surface area contributed by atoms with E-state index >= 15 is 0 Å². The van der Waals surface area contributed by atoms with E-state index in [1.165, 1.54) is 24.0 Å². The smallest absolute Gasteiger partial charge is 0.234 e. The third-order valence-electron chi connectivity index (χ3n) is 4.10. The lowest BCUT2D eigenvalue weighted by Gasteiger charge is -2.07. The number of anilines is 1. The first-order valence-electron chi connectivity index (χ1n) is 7.72. The topological polar surface area (TPSA) is 47.6 Å². The van der Waals surface area contributed by atoms with Crippen molar-refractivity contribution >= 4 is 23.4 Å². The molecule has 0 radical (unpaired) electrons. The Morgan fingerprint density at radius 2 is 1.91 bits per heavy atom. The monoisotopic (exact) mass is 327 g/mol. The molecule has 0 bridgehead atoms. The van der Waals surface area contributed by atoms with Crippen molar-refractivity contribution in [2.24, 2.45) is 0 Å². The number of ether oxygens (including phenoxy) is 2. The Kier molecular flexibility index (Phi) is 3.87. The Morgan fingerprint density at radius 1 is 1.04 bits per heavy atom. The van der Waals surface area contributed by atoms with E-state index in [0.29, 0.717) is 11.5 Å². The summed E-state index contributed by atoms with van der Waals surface area (Å²) >= 11 is 1.57. The van der Waals surface area contributed by atoms with Crippen LogP contribution in [0.15, 0.2) is 41.3 Å². The summed E-state index contributed by atoms with van der Waals surface area (Å²) in [6.45, 7) is 0.237. The summed E-state index contributed by atoms with van der Waals surface area (Å²) in [7, 11) is 0. The third kappa shape index (κ3) is 3.15. The molecule has 0 atom stereocenters. The van der Waals surface area contributed by atoms with Crippen LogP contribution in [-0.4, -0.2) is 18.5 Å². The molecule has 0 saturated carbocycles. The van der Waals surface area contributed by atoms with Gasteiger partial charge in [0.25, 0.3) is 0 Å².